The fourth-order valence-corrected chi connectivity index (χ4v) is 4.66. The highest BCUT2D eigenvalue weighted by Crippen LogP contribution is 2.41. The molecule has 1 unspecified atom stereocenters. The topological polar surface area (TPSA) is 40.2 Å². The van der Waals surface area contributed by atoms with Gasteiger partial charge in [-0.05, 0) is 49.3 Å². The maximum absolute atomic E-state index is 6.14. The Morgan fingerprint density at radius 3 is 3.00 bits per heavy atom. The van der Waals surface area contributed by atoms with E-state index in [4.69, 9.17) is 22.7 Å². The molecule has 3 heterocycles. The van der Waals surface area contributed by atoms with Gasteiger partial charge in [-0.15, -0.1) is 0 Å². The van der Waals surface area contributed by atoms with E-state index < -0.39 is 0 Å². The van der Waals surface area contributed by atoms with Gasteiger partial charge in [-0.3, -0.25) is 0 Å². The Morgan fingerprint density at radius 2 is 2.26 bits per heavy atom. The monoisotopic (exact) mass is 296 g/mol. The summed E-state index contributed by atoms with van der Waals surface area (Å²) in [6, 6.07) is 4.53. The third-order valence-corrected chi connectivity index (χ3v) is 5.49. The van der Waals surface area contributed by atoms with E-state index in [0.29, 0.717) is 11.0 Å². The average Bonchev–Trinajstić information content (AvgIpc) is 2.89. The van der Waals surface area contributed by atoms with Crippen LogP contribution in [-0.2, 0) is 4.74 Å². The molecule has 0 bridgehead atoms. The van der Waals surface area contributed by atoms with Crippen LogP contribution in [0.25, 0.3) is 0 Å². The van der Waals surface area contributed by atoms with Crippen LogP contribution < -0.4 is 5.73 Å². The molecule has 0 saturated carbocycles. The van der Waals surface area contributed by atoms with E-state index in [1.165, 1.54) is 24.3 Å². The third kappa shape index (κ3) is 2.69. The average molecular weight is 296 g/mol. The number of hydrogen-bond acceptors (Lipinski definition) is 3. The SMILES string of the molecule is NC(=S)c1cccn1C1CCOC2(CCSCC2)C1. The highest BCUT2D eigenvalue weighted by Gasteiger charge is 2.39. The molecule has 3 rings (SSSR count). The molecular weight excluding hydrogens is 276 g/mol. The molecule has 2 aliphatic heterocycles. The van der Waals surface area contributed by atoms with Crippen LogP contribution in [0.4, 0.5) is 0 Å². The summed E-state index contributed by atoms with van der Waals surface area (Å²) >= 11 is 7.18. The molecule has 1 aromatic rings. The number of aromatic nitrogens is 1. The second kappa shape index (κ2) is 5.46. The maximum atomic E-state index is 6.14. The van der Waals surface area contributed by atoms with E-state index in [1.807, 2.05) is 23.9 Å². The van der Waals surface area contributed by atoms with Crippen molar-refractivity contribution in [2.24, 2.45) is 5.73 Å². The van der Waals surface area contributed by atoms with Crippen LogP contribution in [0.3, 0.4) is 0 Å². The van der Waals surface area contributed by atoms with E-state index in [2.05, 4.69) is 10.8 Å². The van der Waals surface area contributed by atoms with Gasteiger partial charge in [0.15, 0.2) is 0 Å². The number of ether oxygens (including phenoxy) is 1. The second-order valence-electron chi connectivity index (χ2n) is 5.46. The third-order valence-electron chi connectivity index (χ3n) is 4.30. The fraction of sp³-hybridized carbons (Fsp3) is 0.643. The highest BCUT2D eigenvalue weighted by molar-refractivity contribution is 7.99. The molecule has 1 spiro atoms. The van der Waals surface area contributed by atoms with Crippen molar-refractivity contribution in [3.8, 4) is 0 Å². The fourth-order valence-electron chi connectivity index (χ4n) is 3.25. The van der Waals surface area contributed by atoms with Crippen molar-refractivity contribution in [1.82, 2.24) is 4.57 Å². The largest absolute Gasteiger partial charge is 0.388 e. The number of nitrogens with zero attached hydrogens (tertiary/aromatic N) is 1. The van der Waals surface area contributed by atoms with Crippen molar-refractivity contribution in [1.29, 1.82) is 0 Å². The van der Waals surface area contributed by atoms with Crippen LogP contribution >= 0.6 is 24.0 Å². The molecule has 2 saturated heterocycles. The first-order chi connectivity index (χ1) is 9.20. The van der Waals surface area contributed by atoms with Crippen molar-refractivity contribution >= 4 is 29.0 Å². The Labute approximate surface area is 123 Å². The summed E-state index contributed by atoms with van der Waals surface area (Å²) in [5.74, 6) is 2.45. The van der Waals surface area contributed by atoms with Crippen molar-refractivity contribution in [2.45, 2.75) is 37.3 Å². The first kappa shape index (κ1) is 13.5. The quantitative estimate of drug-likeness (QED) is 0.852. The maximum Gasteiger partial charge on any atom is 0.120 e. The number of rotatable bonds is 2. The van der Waals surface area contributed by atoms with Gasteiger partial charge in [0, 0.05) is 18.8 Å². The van der Waals surface area contributed by atoms with Gasteiger partial charge in [0.2, 0.25) is 0 Å². The molecule has 104 valence electrons. The Balaban J connectivity index is 1.81. The Hall–Kier alpha value is -0.520. The van der Waals surface area contributed by atoms with Crippen LogP contribution in [-0.4, -0.2) is 33.3 Å². The first-order valence-corrected chi connectivity index (χ1v) is 8.45. The van der Waals surface area contributed by atoms with Crippen LogP contribution in [0, 0.1) is 0 Å². The molecule has 2 aliphatic rings. The Kier molecular flexibility index (Phi) is 3.87. The summed E-state index contributed by atoms with van der Waals surface area (Å²) < 4.78 is 8.40. The van der Waals surface area contributed by atoms with Crippen molar-refractivity contribution in [3.63, 3.8) is 0 Å². The number of nitrogens with two attached hydrogens (primary N) is 1. The van der Waals surface area contributed by atoms with Crippen molar-refractivity contribution in [3.05, 3.63) is 24.0 Å². The Bertz CT molecular complexity index is 460. The van der Waals surface area contributed by atoms with Crippen LogP contribution in [0.1, 0.15) is 37.4 Å². The van der Waals surface area contributed by atoms with E-state index in [-0.39, 0.29) is 5.60 Å². The zero-order chi connectivity index (χ0) is 13.3. The lowest BCUT2D eigenvalue weighted by atomic mass is 9.85. The molecule has 2 N–H and O–H groups in total. The summed E-state index contributed by atoms with van der Waals surface area (Å²) in [5, 5.41) is 0. The molecule has 1 aromatic heterocycles. The molecule has 1 atom stereocenters. The molecule has 3 nitrogen and oxygen atoms in total. The van der Waals surface area contributed by atoms with E-state index in [9.17, 15) is 0 Å². The van der Waals surface area contributed by atoms with Gasteiger partial charge in [0.05, 0.1) is 11.3 Å². The standard InChI is InChI=1S/C14H20N2OS2/c15-13(18)12-2-1-6-16(12)11-3-7-17-14(10-11)4-8-19-9-5-14/h1-2,6,11H,3-5,7-10H2,(H2,15,18). The molecule has 2 fully saturated rings. The van der Waals surface area contributed by atoms with Gasteiger partial charge >= 0.3 is 0 Å². The zero-order valence-electron chi connectivity index (χ0n) is 11.0. The van der Waals surface area contributed by atoms with E-state index in [0.717, 1.165) is 25.1 Å². The molecule has 0 amide bonds. The van der Waals surface area contributed by atoms with E-state index in [1.54, 1.807) is 0 Å². The minimum Gasteiger partial charge on any atom is -0.388 e. The van der Waals surface area contributed by atoms with Crippen LogP contribution in [0.5, 0.6) is 0 Å². The Morgan fingerprint density at radius 1 is 1.47 bits per heavy atom. The number of thioether (sulfide) groups is 1. The number of hydrogen-bond donors (Lipinski definition) is 1. The van der Waals surface area contributed by atoms with Gasteiger partial charge in [0.1, 0.15) is 4.99 Å². The minimum atomic E-state index is 0.103. The number of thiocarbonyl (C=S) groups is 1. The highest BCUT2D eigenvalue weighted by atomic mass is 32.2. The van der Waals surface area contributed by atoms with Gasteiger partial charge in [0.25, 0.3) is 0 Å². The summed E-state index contributed by atoms with van der Waals surface area (Å²) in [6.07, 6.45) is 6.61. The first-order valence-electron chi connectivity index (χ1n) is 6.89. The smallest absolute Gasteiger partial charge is 0.120 e. The second-order valence-corrected chi connectivity index (χ2v) is 7.12. The van der Waals surface area contributed by atoms with Gasteiger partial charge in [-0.2, -0.15) is 11.8 Å². The summed E-state index contributed by atoms with van der Waals surface area (Å²) in [5.41, 5.74) is 6.90. The van der Waals surface area contributed by atoms with Gasteiger partial charge < -0.3 is 15.0 Å². The molecule has 19 heavy (non-hydrogen) atoms. The minimum absolute atomic E-state index is 0.103. The predicted molar refractivity (Wildman–Crippen MR) is 83.8 cm³/mol. The molecule has 0 radical (unpaired) electrons. The lowest BCUT2D eigenvalue weighted by Crippen LogP contribution is -2.43. The summed E-state index contributed by atoms with van der Waals surface area (Å²) in [7, 11) is 0. The van der Waals surface area contributed by atoms with Crippen molar-refractivity contribution < 1.29 is 4.74 Å². The molecule has 5 heteroatoms. The normalized spacial score (nSPS) is 26.4. The predicted octanol–water partition coefficient (Wildman–Crippen LogP) is 2.74. The molecule has 0 aromatic carbocycles. The van der Waals surface area contributed by atoms with E-state index >= 15 is 0 Å². The van der Waals surface area contributed by atoms with Gasteiger partial charge in [-0.25, -0.2) is 0 Å². The van der Waals surface area contributed by atoms with Crippen molar-refractivity contribution in [2.75, 3.05) is 18.1 Å². The molecular formula is C14H20N2OS2. The summed E-state index contributed by atoms with van der Waals surface area (Å²) in [6.45, 7) is 0.851. The lowest BCUT2D eigenvalue weighted by molar-refractivity contribution is -0.0988. The van der Waals surface area contributed by atoms with Crippen LogP contribution in [0.2, 0.25) is 0 Å². The zero-order valence-corrected chi connectivity index (χ0v) is 12.6. The van der Waals surface area contributed by atoms with Crippen LogP contribution in [0.15, 0.2) is 18.3 Å². The lowest BCUT2D eigenvalue weighted by Gasteiger charge is -2.44. The summed E-state index contributed by atoms with van der Waals surface area (Å²) in [4.78, 5) is 0.491. The molecule has 0 aliphatic carbocycles. The van der Waals surface area contributed by atoms with Gasteiger partial charge in [-0.1, -0.05) is 12.2 Å².